The minimum Gasteiger partial charge on any atom is -0.383 e. The predicted molar refractivity (Wildman–Crippen MR) is 79.8 cm³/mol. The number of halogens is 2. The van der Waals surface area contributed by atoms with Crippen LogP contribution in [0.2, 0.25) is 5.02 Å². The first-order valence-electron chi connectivity index (χ1n) is 6.63. The summed E-state index contributed by atoms with van der Waals surface area (Å²) in [5.74, 6) is 0.207. The normalized spacial score (nSPS) is 10.8. The molecular formula is C15H17ClFN3O. The first kappa shape index (κ1) is 15.8. The number of nitrogens with zero attached hydrogens (tertiary/aromatic N) is 2. The van der Waals surface area contributed by atoms with E-state index in [-0.39, 0.29) is 12.2 Å². The quantitative estimate of drug-likeness (QED) is 0.799. The Hall–Kier alpha value is -1.56. The van der Waals surface area contributed by atoms with E-state index < -0.39 is 0 Å². The summed E-state index contributed by atoms with van der Waals surface area (Å²) in [4.78, 5) is 8.49. The smallest absolute Gasteiger partial charge is 0.132 e. The molecule has 2 aromatic rings. The molecule has 4 nitrogen and oxygen atoms in total. The summed E-state index contributed by atoms with van der Waals surface area (Å²) in [7, 11) is 1.66. The summed E-state index contributed by atoms with van der Waals surface area (Å²) in [6.45, 7) is 2.10. The molecule has 1 aromatic carbocycles. The van der Waals surface area contributed by atoms with Crippen molar-refractivity contribution >= 4 is 11.6 Å². The van der Waals surface area contributed by atoms with Gasteiger partial charge in [0.2, 0.25) is 0 Å². The molecular weight excluding hydrogens is 293 g/mol. The monoisotopic (exact) mass is 309 g/mol. The molecule has 0 radical (unpaired) electrons. The molecule has 0 aliphatic rings. The van der Waals surface area contributed by atoms with E-state index in [2.05, 4.69) is 15.3 Å². The number of methoxy groups -OCH3 is 1. The van der Waals surface area contributed by atoms with Gasteiger partial charge >= 0.3 is 0 Å². The summed E-state index contributed by atoms with van der Waals surface area (Å²) in [5.41, 5.74) is 1.39. The van der Waals surface area contributed by atoms with Crippen molar-refractivity contribution in [1.82, 2.24) is 15.3 Å². The second-order valence-electron chi connectivity index (χ2n) is 4.55. The number of rotatable bonds is 7. The zero-order valence-corrected chi connectivity index (χ0v) is 12.5. The number of aromatic nitrogens is 2. The van der Waals surface area contributed by atoms with Crippen molar-refractivity contribution in [2.75, 3.05) is 20.3 Å². The Morgan fingerprint density at radius 3 is 2.71 bits per heavy atom. The molecule has 1 N–H and O–H groups in total. The maximum absolute atomic E-state index is 13.7. The minimum atomic E-state index is -0.337. The Labute approximate surface area is 128 Å². The second-order valence-corrected chi connectivity index (χ2v) is 4.96. The summed E-state index contributed by atoms with van der Waals surface area (Å²) < 4.78 is 18.6. The highest BCUT2D eigenvalue weighted by molar-refractivity contribution is 6.31. The van der Waals surface area contributed by atoms with Crippen molar-refractivity contribution in [2.45, 2.75) is 13.0 Å². The van der Waals surface area contributed by atoms with Crippen molar-refractivity contribution in [1.29, 1.82) is 0 Å². The molecule has 112 valence electrons. The molecule has 2 rings (SSSR count). The number of nitrogens with one attached hydrogen (secondary N) is 1. The highest BCUT2D eigenvalue weighted by Crippen LogP contribution is 2.20. The van der Waals surface area contributed by atoms with Crippen LogP contribution >= 0.6 is 11.6 Å². The zero-order chi connectivity index (χ0) is 15.1. The van der Waals surface area contributed by atoms with E-state index >= 15 is 0 Å². The van der Waals surface area contributed by atoms with Gasteiger partial charge in [0.05, 0.1) is 6.61 Å². The molecule has 1 aromatic heterocycles. The molecule has 0 bridgehead atoms. The van der Waals surface area contributed by atoms with Gasteiger partial charge < -0.3 is 10.1 Å². The standard InChI is InChI=1S/C15H17ClFN3O/c1-21-6-5-18-8-11-9-19-15(20-10-11)7-12-13(16)3-2-4-14(12)17/h2-4,9-10,18H,5-8H2,1H3. The Bertz CT molecular complexity index is 557. The predicted octanol–water partition coefficient (Wildman–Crippen LogP) is 2.60. The zero-order valence-electron chi connectivity index (χ0n) is 11.8. The Balaban J connectivity index is 1.96. The summed E-state index contributed by atoms with van der Waals surface area (Å²) >= 11 is 5.99. The van der Waals surface area contributed by atoms with Gasteiger partial charge in [-0.15, -0.1) is 0 Å². The first-order valence-corrected chi connectivity index (χ1v) is 7.01. The van der Waals surface area contributed by atoms with Gasteiger partial charge in [0, 0.05) is 55.2 Å². The average molecular weight is 310 g/mol. The van der Waals surface area contributed by atoms with E-state index in [4.69, 9.17) is 16.3 Å². The van der Waals surface area contributed by atoms with E-state index in [1.807, 2.05) is 0 Å². The highest BCUT2D eigenvalue weighted by atomic mass is 35.5. The third kappa shape index (κ3) is 4.74. The lowest BCUT2D eigenvalue weighted by Gasteiger charge is -2.06. The van der Waals surface area contributed by atoms with Crippen molar-refractivity contribution in [2.24, 2.45) is 0 Å². The maximum Gasteiger partial charge on any atom is 0.132 e. The van der Waals surface area contributed by atoms with Gasteiger partial charge in [-0.25, -0.2) is 14.4 Å². The third-order valence-corrected chi connectivity index (χ3v) is 3.32. The van der Waals surface area contributed by atoms with Crippen LogP contribution in [0.3, 0.4) is 0 Å². The maximum atomic E-state index is 13.7. The van der Waals surface area contributed by atoms with Crippen LogP contribution in [0, 0.1) is 5.82 Å². The molecule has 0 aliphatic carbocycles. The fourth-order valence-electron chi connectivity index (χ4n) is 1.83. The van der Waals surface area contributed by atoms with E-state index in [1.54, 1.807) is 31.6 Å². The van der Waals surface area contributed by atoms with Gasteiger partial charge in [-0.3, -0.25) is 0 Å². The third-order valence-electron chi connectivity index (χ3n) is 2.97. The lowest BCUT2D eigenvalue weighted by atomic mass is 10.1. The highest BCUT2D eigenvalue weighted by Gasteiger charge is 2.09. The molecule has 0 saturated heterocycles. The SMILES string of the molecule is COCCNCc1cnc(Cc2c(F)cccc2Cl)nc1. The molecule has 0 spiro atoms. The van der Waals surface area contributed by atoms with Gasteiger partial charge in [-0.05, 0) is 12.1 Å². The van der Waals surface area contributed by atoms with Crippen molar-refractivity contribution in [3.8, 4) is 0 Å². The second kappa shape index (κ2) is 8.02. The summed E-state index contributed by atoms with van der Waals surface area (Å²) in [5, 5.41) is 3.60. The van der Waals surface area contributed by atoms with Crippen LogP contribution in [0.15, 0.2) is 30.6 Å². The Morgan fingerprint density at radius 1 is 1.29 bits per heavy atom. The number of benzene rings is 1. The Morgan fingerprint density at radius 2 is 2.05 bits per heavy atom. The van der Waals surface area contributed by atoms with E-state index in [0.717, 1.165) is 12.1 Å². The molecule has 0 saturated carbocycles. The van der Waals surface area contributed by atoms with Gasteiger partial charge in [-0.1, -0.05) is 17.7 Å². The van der Waals surface area contributed by atoms with Crippen LogP contribution in [0.1, 0.15) is 17.0 Å². The van der Waals surface area contributed by atoms with Gasteiger partial charge in [0.15, 0.2) is 0 Å². The fraction of sp³-hybridized carbons (Fsp3) is 0.333. The topological polar surface area (TPSA) is 47.0 Å². The van der Waals surface area contributed by atoms with Gasteiger partial charge in [-0.2, -0.15) is 0 Å². The lowest BCUT2D eigenvalue weighted by Crippen LogP contribution is -2.18. The molecule has 0 aliphatic heterocycles. The fourth-order valence-corrected chi connectivity index (χ4v) is 2.06. The van der Waals surface area contributed by atoms with Crippen LogP contribution < -0.4 is 5.32 Å². The molecule has 0 atom stereocenters. The largest absolute Gasteiger partial charge is 0.383 e. The number of hydrogen-bond donors (Lipinski definition) is 1. The Kier molecular flexibility index (Phi) is 6.04. The molecule has 0 unspecified atom stereocenters. The van der Waals surface area contributed by atoms with Crippen molar-refractivity contribution in [3.63, 3.8) is 0 Å². The van der Waals surface area contributed by atoms with E-state index in [9.17, 15) is 4.39 Å². The molecule has 21 heavy (non-hydrogen) atoms. The minimum absolute atomic E-state index is 0.281. The van der Waals surface area contributed by atoms with E-state index in [1.165, 1.54) is 6.07 Å². The first-order chi connectivity index (χ1) is 10.2. The van der Waals surface area contributed by atoms with Crippen molar-refractivity contribution in [3.05, 3.63) is 58.4 Å². The molecule has 1 heterocycles. The molecule has 6 heteroatoms. The van der Waals surface area contributed by atoms with Crippen LogP contribution in [0.25, 0.3) is 0 Å². The van der Waals surface area contributed by atoms with Gasteiger partial charge in [0.25, 0.3) is 0 Å². The van der Waals surface area contributed by atoms with Crippen molar-refractivity contribution < 1.29 is 9.13 Å². The molecule has 0 amide bonds. The number of hydrogen-bond acceptors (Lipinski definition) is 4. The summed E-state index contributed by atoms with van der Waals surface area (Å²) in [6.07, 6.45) is 3.75. The van der Waals surface area contributed by atoms with Crippen LogP contribution in [-0.2, 0) is 17.7 Å². The van der Waals surface area contributed by atoms with E-state index in [0.29, 0.717) is 29.6 Å². The van der Waals surface area contributed by atoms with Gasteiger partial charge in [0.1, 0.15) is 11.6 Å². The average Bonchev–Trinajstić information content (AvgIpc) is 2.49. The lowest BCUT2D eigenvalue weighted by molar-refractivity contribution is 0.199. The van der Waals surface area contributed by atoms with Crippen LogP contribution in [0.5, 0.6) is 0 Å². The number of ether oxygens (including phenoxy) is 1. The van der Waals surface area contributed by atoms with Crippen LogP contribution in [0.4, 0.5) is 4.39 Å². The van der Waals surface area contributed by atoms with Crippen LogP contribution in [-0.4, -0.2) is 30.2 Å². The summed E-state index contributed by atoms with van der Waals surface area (Å²) in [6, 6.07) is 4.63. The molecule has 0 fully saturated rings.